The van der Waals surface area contributed by atoms with Crippen LogP contribution in [0.2, 0.25) is 0 Å². The number of ether oxygens (including phenoxy) is 2. The van der Waals surface area contributed by atoms with Crippen molar-refractivity contribution in [3.63, 3.8) is 0 Å². The molecule has 0 radical (unpaired) electrons. The second-order valence-electron chi connectivity index (χ2n) is 5.75. The van der Waals surface area contributed by atoms with E-state index in [9.17, 15) is 4.79 Å². The van der Waals surface area contributed by atoms with Crippen molar-refractivity contribution in [1.29, 1.82) is 0 Å². The van der Waals surface area contributed by atoms with Gasteiger partial charge in [-0.15, -0.1) is 0 Å². The van der Waals surface area contributed by atoms with E-state index in [1.165, 1.54) is 6.08 Å². The van der Waals surface area contributed by atoms with E-state index in [0.717, 1.165) is 34.7 Å². The van der Waals surface area contributed by atoms with Crippen molar-refractivity contribution in [2.75, 3.05) is 11.9 Å². The van der Waals surface area contributed by atoms with Crippen LogP contribution in [0.5, 0.6) is 11.5 Å². The van der Waals surface area contributed by atoms with Crippen molar-refractivity contribution >= 4 is 17.7 Å². The predicted molar refractivity (Wildman–Crippen MR) is 95.5 cm³/mol. The molecule has 0 saturated carbocycles. The molecule has 124 valence electrons. The van der Waals surface area contributed by atoms with Gasteiger partial charge < -0.3 is 14.8 Å². The van der Waals surface area contributed by atoms with Gasteiger partial charge in [0.1, 0.15) is 17.6 Å². The maximum Gasteiger partial charge on any atom is 0.248 e. The molecule has 0 aliphatic carbocycles. The van der Waals surface area contributed by atoms with Crippen LogP contribution < -0.4 is 14.8 Å². The van der Waals surface area contributed by atoms with Gasteiger partial charge in [0.15, 0.2) is 0 Å². The number of fused-ring (bicyclic) bond motifs is 1. The number of para-hydroxylation sites is 1. The number of nitrogens with one attached hydrogen (secondary N) is 1. The largest absolute Gasteiger partial charge is 0.493 e. The van der Waals surface area contributed by atoms with Gasteiger partial charge >= 0.3 is 0 Å². The molecule has 0 saturated heterocycles. The third-order valence-electron chi connectivity index (χ3n) is 3.78. The average Bonchev–Trinajstić information content (AvgIpc) is 2.93. The molecular formula is C20H21NO3. The Morgan fingerprint density at radius 3 is 2.88 bits per heavy atom. The lowest BCUT2D eigenvalue weighted by Gasteiger charge is -2.10. The number of benzene rings is 2. The predicted octanol–water partition coefficient (Wildman–Crippen LogP) is 4.06. The summed E-state index contributed by atoms with van der Waals surface area (Å²) in [5.74, 6) is 1.46. The van der Waals surface area contributed by atoms with Gasteiger partial charge in [0, 0.05) is 29.3 Å². The zero-order valence-corrected chi connectivity index (χ0v) is 13.9. The quantitative estimate of drug-likeness (QED) is 0.844. The fraction of sp³-hybridized carbons (Fsp3) is 0.250. The molecule has 24 heavy (non-hydrogen) atoms. The number of anilines is 1. The molecular weight excluding hydrogens is 302 g/mol. The molecule has 1 heterocycles. The standard InChI is InChI=1S/C20H21NO3/c1-3-23-18-13-16-11-14(2)24-19(16)12-15(18)9-10-20(22)21-17-7-5-4-6-8-17/h4-10,12-14H,3,11H2,1-2H3,(H,21,22)/b10-9+. The number of carbonyl (C=O) groups is 1. The van der Waals surface area contributed by atoms with E-state index in [-0.39, 0.29) is 12.0 Å². The van der Waals surface area contributed by atoms with Crippen molar-refractivity contribution in [2.45, 2.75) is 26.4 Å². The van der Waals surface area contributed by atoms with Crippen LogP contribution in [0.25, 0.3) is 6.08 Å². The summed E-state index contributed by atoms with van der Waals surface area (Å²) < 4.78 is 11.5. The van der Waals surface area contributed by atoms with Gasteiger partial charge in [0.25, 0.3) is 0 Å². The van der Waals surface area contributed by atoms with E-state index in [2.05, 4.69) is 5.32 Å². The fourth-order valence-electron chi connectivity index (χ4n) is 2.74. The summed E-state index contributed by atoms with van der Waals surface area (Å²) >= 11 is 0. The number of rotatable bonds is 5. The van der Waals surface area contributed by atoms with Crippen molar-refractivity contribution in [3.8, 4) is 11.5 Å². The summed E-state index contributed by atoms with van der Waals surface area (Å²) in [7, 11) is 0. The normalized spacial score (nSPS) is 15.8. The summed E-state index contributed by atoms with van der Waals surface area (Å²) in [6.45, 7) is 4.57. The summed E-state index contributed by atoms with van der Waals surface area (Å²) in [5, 5.41) is 2.83. The summed E-state index contributed by atoms with van der Waals surface area (Å²) in [6.07, 6.45) is 4.33. The molecule has 1 atom stereocenters. The lowest BCUT2D eigenvalue weighted by atomic mass is 10.1. The smallest absolute Gasteiger partial charge is 0.248 e. The van der Waals surface area contributed by atoms with Crippen LogP contribution in [0.4, 0.5) is 5.69 Å². The zero-order valence-electron chi connectivity index (χ0n) is 13.9. The van der Waals surface area contributed by atoms with Crippen LogP contribution in [-0.2, 0) is 11.2 Å². The van der Waals surface area contributed by atoms with Crippen LogP contribution >= 0.6 is 0 Å². The Morgan fingerprint density at radius 2 is 2.12 bits per heavy atom. The SMILES string of the molecule is CCOc1cc2c(cc1/C=C/C(=O)Nc1ccccc1)OC(C)C2. The van der Waals surface area contributed by atoms with Crippen LogP contribution in [-0.4, -0.2) is 18.6 Å². The van der Waals surface area contributed by atoms with Crippen LogP contribution in [0.1, 0.15) is 25.0 Å². The highest BCUT2D eigenvalue weighted by atomic mass is 16.5. The molecule has 1 aliphatic heterocycles. The van der Waals surface area contributed by atoms with Crippen molar-refractivity contribution < 1.29 is 14.3 Å². The fourth-order valence-corrected chi connectivity index (χ4v) is 2.74. The lowest BCUT2D eigenvalue weighted by molar-refractivity contribution is -0.111. The van der Waals surface area contributed by atoms with E-state index in [1.807, 2.05) is 56.3 Å². The molecule has 4 heteroatoms. The molecule has 3 rings (SSSR count). The van der Waals surface area contributed by atoms with E-state index in [4.69, 9.17) is 9.47 Å². The first-order chi connectivity index (χ1) is 11.7. The van der Waals surface area contributed by atoms with Crippen LogP contribution in [0.15, 0.2) is 48.5 Å². The summed E-state index contributed by atoms with van der Waals surface area (Å²) in [6, 6.07) is 13.3. The zero-order chi connectivity index (χ0) is 16.9. The summed E-state index contributed by atoms with van der Waals surface area (Å²) in [4.78, 5) is 12.1. The minimum atomic E-state index is -0.182. The molecule has 1 N–H and O–H groups in total. The summed E-state index contributed by atoms with van der Waals surface area (Å²) in [5.41, 5.74) is 2.76. The highest BCUT2D eigenvalue weighted by Crippen LogP contribution is 2.35. The Labute approximate surface area is 142 Å². The van der Waals surface area contributed by atoms with Gasteiger partial charge in [0.2, 0.25) is 5.91 Å². The highest BCUT2D eigenvalue weighted by Gasteiger charge is 2.21. The van der Waals surface area contributed by atoms with Crippen molar-refractivity contribution in [2.24, 2.45) is 0 Å². The number of carbonyl (C=O) groups excluding carboxylic acids is 1. The minimum Gasteiger partial charge on any atom is -0.493 e. The number of amides is 1. The van der Waals surface area contributed by atoms with E-state index >= 15 is 0 Å². The van der Waals surface area contributed by atoms with Crippen LogP contribution in [0.3, 0.4) is 0 Å². The molecule has 4 nitrogen and oxygen atoms in total. The molecule has 2 aromatic rings. The first-order valence-corrected chi connectivity index (χ1v) is 8.16. The Bertz CT molecular complexity index is 753. The molecule has 0 aromatic heterocycles. The van der Waals surface area contributed by atoms with Crippen molar-refractivity contribution in [1.82, 2.24) is 0 Å². The van der Waals surface area contributed by atoms with Gasteiger partial charge in [0.05, 0.1) is 6.61 Å². The molecule has 0 spiro atoms. The lowest BCUT2D eigenvalue weighted by Crippen LogP contribution is -2.07. The molecule has 0 bridgehead atoms. The second kappa shape index (κ2) is 7.21. The van der Waals surface area contributed by atoms with E-state index < -0.39 is 0 Å². The molecule has 1 amide bonds. The Kier molecular flexibility index (Phi) is 4.85. The monoisotopic (exact) mass is 323 g/mol. The topological polar surface area (TPSA) is 47.6 Å². The second-order valence-corrected chi connectivity index (χ2v) is 5.75. The van der Waals surface area contributed by atoms with Gasteiger partial charge in [-0.3, -0.25) is 4.79 Å². The molecule has 1 unspecified atom stereocenters. The van der Waals surface area contributed by atoms with Gasteiger partial charge in [-0.05, 0) is 44.2 Å². The molecule has 1 aliphatic rings. The third-order valence-corrected chi connectivity index (χ3v) is 3.78. The Morgan fingerprint density at radius 1 is 1.33 bits per heavy atom. The van der Waals surface area contributed by atoms with Crippen LogP contribution in [0, 0.1) is 0 Å². The Balaban J connectivity index is 1.78. The first kappa shape index (κ1) is 16.1. The number of hydrogen-bond donors (Lipinski definition) is 1. The average molecular weight is 323 g/mol. The first-order valence-electron chi connectivity index (χ1n) is 8.16. The molecule has 2 aromatic carbocycles. The van der Waals surface area contributed by atoms with Gasteiger partial charge in [-0.1, -0.05) is 18.2 Å². The molecule has 0 fully saturated rings. The van der Waals surface area contributed by atoms with Gasteiger partial charge in [-0.2, -0.15) is 0 Å². The third kappa shape index (κ3) is 3.77. The maximum absolute atomic E-state index is 12.1. The van der Waals surface area contributed by atoms with E-state index in [1.54, 1.807) is 6.08 Å². The highest BCUT2D eigenvalue weighted by molar-refractivity contribution is 6.02. The van der Waals surface area contributed by atoms with E-state index in [0.29, 0.717) is 6.61 Å². The van der Waals surface area contributed by atoms with Crippen molar-refractivity contribution in [3.05, 3.63) is 59.7 Å². The minimum absolute atomic E-state index is 0.176. The maximum atomic E-state index is 12.1. The Hall–Kier alpha value is -2.75. The number of hydrogen-bond acceptors (Lipinski definition) is 3. The van der Waals surface area contributed by atoms with Gasteiger partial charge in [-0.25, -0.2) is 0 Å².